The molecule has 1 aliphatic rings. The number of benzene rings is 2. The molecule has 0 bridgehead atoms. The quantitative estimate of drug-likeness (QED) is 0.422. The number of unbranched alkanes of at least 4 members (excludes halogenated alkanes) is 1. The molecule has 1 aromatic heterocycles. The number of ether oxygens (including phenoxy) is 1. The van der Waals surface area contributed by atoms with Crippen LogP contribution in [0.1, 0.15) is 32.3 Å². The summed E-state index contributed by atoms with van der Waals surface area (Å²) in [4.78, 5) is 4.68. The molecular weight excluding hydrogens is 380 g/mol. The minimum absolute atomic E-state index is 0.345. The number of anilines is 1. The number of para-hydroxylation sites is 1. The predicted molar refractivity (Wildman–Crippen MR) is 119 cm³/mol. The fourth-order valence-electron chi connectivity index (χ4n) is 3.11. The van der Waals surface area contributed by atoms with E-state index in [1.165, 1.54) is 0 Å². The third-order valence-electron chi connectivity index (χ3n) is 4.67. The number of fused-ring (bicyclic) bond motifs is 3. The lowest BCUT2D eigenvalue weighted by atomic mass is 10.1. The highest BCUT2D eigenvalue weighted by atomic mass is 32.2. The zero-order chi connectivity index (χ0) is 20.1. The summed E-state index contributed by atoms with van der Waals surface area (Å²) in [6.07, 6.45) is 4.04. The third-order valence-corrected chi connectivity index (χ3v) is 5.59. The molecule has 1 aliphatic heterocycles. The lowest BCUT2D eigenvalue weighted by Gasteiger charge is -2.20. The minimum Gasteiger partial charge on any atom is -0.448 e. The second kappa shape index (κ2) is 9.09. The normalized spacial score (nSPS) is 15.5. The van der Waals surface area contributed by atoms with Crippen molar-refractivity contribution in [2.45, 2.75) is 38.1 Å². The molecule has 2 heterocycles. The number of thioether (sulfide) groups is 1. The molecular formula is C23H24N4OS. The van der Waals surface area contributed by atoms with E-state index in [0.717, 1.165) is 41.0 Å². The van der Waals surface area contributed by atoms with E-state index < -0.39 is 0 Å². The fraction of sp³-hybridized carbons (Fsp3) is 0.261. The molecule has 0 aliphatic carbocycles. The average molecular weight is 405 g/mol. The number of hydrogen-bond donors (Lipinski definition) is 1. The van der Waals surface area contributed by atoms with Crippen molar-refractivity contribution < 1.29 is 4.74 Å². The molecule has 148 valence electrons. The van der Waals surface area contributed by atoms with Crippen LogP contribution in [0, 0.1) is 0 Å². The Kier molecular flexibility index (Phi) is 6.10. The van der Waals surface area contributed by atoms with E-state index in [0.29, 0.717) is 16.7 Å². The maximum atomic E-state index is 6.31. The molecule has 0 amide bonds. The zero-order valence-corrected chi connectivity index (χ0v) is 17.4. The Balaban J connectivity index is 1.69. The standard InChI is InChI=1S/C23H24N4OS/c1-3-4-14-29-23-25-22-20(26-27-23)18-12-8-9-13-19(18)24-21(28-22)16(2)15-17-10-6-5-7-11-17/h5-13,15,21,24H,3-4,14H2,1-2H3/b16-15+/t21-/m0/s1. The van der Waals surface area contributed by atoms with Gasteiger partial charge in [-0.2, -0.15) is 4.98 Å². The SMILES string of the molecule is CCCCSc1nnc2c(n1)O[C@@H](/C(C)=C/c1ccccc1)Nc1ccccc1-2. The highest BCUT2D eigenvalue weighted by molar-refractivity contribution is 7.99. The van der Waals surface area contributed by atoms with Gasteiger partial charge in [0.05, 0.1) is 0 Å². The molecule has 29 heavy (non-hydrogen) atoms. The highest BCUT2D eigenvalue weighted by Crippen LogP contribution is 2.37. The molecule has 0 fully saturated rings. The monoisotopic (exact) mass is 404 g/mol. The summed E-state index contributed by atoms with van der Waals surface area (Å²) in [5, 5.41) is 12.9. The minimum atomic E-state index is -0.345. The van der Waals surface area contributed by atoms with Crippen LogP contribution in [0.5, 0.6) is 5.88 Å². The molecule has 5 nitrogen and oxygen atoms in total. The molecule has 1 N–H and O–H groups in total. The number of nitrogens with zero attached hydrogens (tertiary/aromatic N) is 3. The van der Waals surface area contributed by atoms with Crippen molar-refractivity contribution in [3.05, 3.63) is 65.7 Å². The van der Waals surface area contributed by atoms with Crippen molar-refractivity contribution >= 4 is 23.5 Å². The van der Waals surface area contributed by atoms with Crippen molar-refractivity contribution in [2.75, 3.05) is 11.1 Å². The van der Waals surface area contributed by atoms with Crippen LogP contribution in [0.2, 0.25) is 0 Å². The van der Waals surface area contributed by atoms with Gasteiger partial charge in [-0.1, -0.05) is 79.7 Å². The van der Waals surface area contributed by atoms with Crippen molar-refractivity contribution in [3.63, 3.8) is 0 Å². The molecule has 0 saturated heterocycles. The molecule has 0 radical (unpaired) electrons. The van der Waals surface area contributed by atoms with Crippen LogP contribution in [0.25, 0.3) is 17.3 Å². The predicted octanol–water partition coefficient (Wildman–Crippen LogP) is 5.66. The Bertz CT molecular complexity index is 1010. The Morgan fingerprint density at radius 1 is 1.10 bits per heavy atom. The van der Waals surface area contributed by atoms with E-state index in [1.807, 2.05) is 42.5 Å². The van der Waals surface area contributed by atoms with E-state index >= 15 is 0 Å². The van der Waals surface area contributed by atoms with Crippen LogP contribution in [0.3, 0.4) is 0 Å². The topological polar surface area (TPSA) is 59.9 Å². The van der Waals surface area contributed by atoms with Gasteiger partial charge in [0.1, 0.15) is 0 Å². The maximum absolute atomic E-state index is 6.31. The van der Waals surface area contributed by atoms with Gasteiger partial charge in [-0.15, -0.1) is 10.2 Å². The summed E-state index contributed by atoms with van der Waals surface area (Å²) < 4.78 is 6.31. The van der Waals surface area contributed by atoms with E-state index in [9.17, 15) is 0 Å². The van der Waals surface area contributed by atoms with Gasteiger partial charge in [-0.25, -0.2) is 0 Å². The van der Waals surface area contributed by atoms with Gasteiger partial charge in [0.2, 0.25) is 11.0 Å². The Labute approximate surface area is 175 Å². The second-order valence-electron chi connectivity index (χ2n) is 6.94. The Hall–Kier alpha value is -2.86. The summed E-state index contributed by atoms with van der Waals surface area (Å²) in [5.41, 5.74) is 4.76. The van der Waals surface area contributed by atoms with Gasteiger partial charge in [0, 0.05) is 17.0 Å². The molecule has 4 rings (SSSR count). The van der Waals surface area contributed by atoms with Gasteiger partial charge in [0.25, 0.3) is 0 Å². The largest absolute Gasteiger partial charge is 0.448 e. The third kappa shape index (κ3) is 4.59. The van der Waals surface area contributed by atoms with Crippen LogP contribution in [-0.2, 0) is 0 Å². The van der Waals surface area contributed by atoms with Crippen LogP contribution in [-0.4, -0.2) is 27.2 Å². The molecule has 0 unspecified atom stereocenters. The second-order valence-corrected chi connectivity index (χ2v) is 8.00. The summed E-state index contributed by atoms with van der Waals surface area (Å²) >= 11 is 1.62. The summed E-state index contributed by atoms with van der Waals surface area (Å²) in [6, 6.07) is 18.3. The summed E-state index contributed by atoms with van der Waals surface area (Å²) in [6.45, 7) is 4.23. The molecule has 6 heteroatoms. The van der Waals surface area contributed by atoms with Crippen LogP contribution >= 0.6 is 11.8 Å². The lowest BCUT2D eigenvalue weighted by molar-refractivity contribution is 0.255. The summed E-state index contributed by atoms with van der Waals surface area (Å²) in [7, 11) is 0. The number of hydrogen-bond acceptors (Lipinski definition) is 6. The van der Waals surface area contributed by atoms with Gasteiger partial charge in [0.15, 0.2) is 11.9 Å². The average Bonchev–Trinajstić information content (AvgIpc) is 2.91. The van der Waals surface area contributed by atoms with E-state index in [4.69, 9.17) is 4.74 Å². The van der Waals surface area contributed by atoms with Gasteiger partial charge in [-0.05, 0) is 30.5 Å². The molecule has 2 aromatic carbocycles. The molecule has 1 atom stereocenters. The van der Waals surface area contributed by atoms with Crippen molar-refractivity contribution in [1.82, 2.24) is 15.2 Å². The van der Waals surface area contributed by atoms with Crippen molar-refractivity contribution in [3.8, 4) is 17.1 Å². The smallest absolute Gasteiger partial charge is 0.247 e. The van der Waals surface area contributed by atoms with Crippen LogP contribution in [0.15, 0.2) is 65.3 Å². The Morgan fingerprint density at radius 2 is 1.90 bits per heavy atom. The van der Waals surface area contributed by atoms with Crippen molar-refractivity contribution in [2.24, 2.45) is 0 Å². The van der Waals surface area contributed by atoms with Gasteiger partial charge in [-0.3, -0.25) is 0 Å². The Morgan fingerprint density at radius 3 is 2.72 bits per heavy atom. The molecule has 0 saturated carbocycles. The summed E-state index contributed by atoms with van der Waals surface area (Å²) in [5.74, 6) is 1.49. The van der Waals surface area contributed by atoms with Crippen LogP contribution < -0.4 is 10.1 Å². The number of nitrogens with one attached hydrogen (secondary N) is 1. The first-order chi connectivity index (χ1) is 14.2. The first-order valence-electron chi connectivity index (χ1n) is 9.88. The number of rotatable bonds is 6. The van der Waals surface area contributed by atoms with Crippen LogP contribution in [0.4, 0.5) is 5.69 Å². The first-order valence-corrected chi connectivity index (χ1v) is 10.9. The maximum Gasteiger partial charge on any atom is 0.247 e. The zero-order valence-electron chi connectivity index (χ0n) is 16.6. The van der Waals surface area contributed by atoms with E-state index in [-0.39, 0.29) is 6.23 Å². The van der Waals surface area contributed by atoms with Crippen molar-refractivity contribution in [1.29, 1.82) is 0 Å². The van der Waals surface area contributed by atoms with E-state index in [2.05, 4.69) is 52.6 Å². The van der Waals surface area contributed by atoms with E-state index in [1.54, 1.807) is 11.8 Å². The molecule has 0 spiro atoms. The first kappa shape index (κ1) is 19.5. The van der Waals surface area contributed by atoms with Gasteiger partial charge >= 0.3 is 0 Å². The lowest BCUT2D eigenvalue weighted by Crippen LogP contribution is -2.27. The fourth-order valence-corrected chi connectivity index (χ4v) is 3.97. The van der Waals surface area contributed by atoms with Gasteiger partial charge < -0.3 is 10.1 Å². The molecule has 3 aromatic rings. The number of aromatic nitrogens is 3. The highest BCUT2D eigenvalue weighted by Gasteiger charge is 2.25.